The molecule has 108 valence electrons. The Labute approximate surface area is 129 Å². The van der Waals surface area contributed by atoms with Crippen LogP contribution in [0.3, 0.4) is 0 Å². The summed E-state index contributed by atoms with van der Waals surface area (Å²) in [6.45, 7) is 1.82. The van der Waals surface area contributed by atoms with Gasteiger partial charge < -0.3 is 0 Å². The molecular formula is C19H16N2O. The standard InChI is InChI=1S/C19H16N2O/c1-15-20-12-13-21(15)19(22)18(17-10-6-3-7-11-17)14-16-8-4-2-5-9-16/h2-14H,1H3/b18-14+. The molecule has 1 aromatic heterocycles. The van der Waals surface area contributed by atoms with E-state index in [2.05, 4.69) is 4.98 Å². The molecule has 0 aliphatic carbocycles. The zero-order valence-electron chi connectivity index (χ0n) is 12.3. The quantitative estimate of drug-likeness (QED) is 0.538. The molecule has 0 bridgehead atoms. The van der Waals surface area contributed by atoms with E-state index in [9.17, 15) is 4.79 Å². The molecule has 0 amide bonds. The second-order valence-corrected chi connectivity index (χ2v) is 4.98. The molecule has 0 aliphatic rings. The van der Waals surface area contributed by atoms with Crippen molar-refractivity contribution in [3.05, 3.63) is 90.0 Å². The zero-order chi connectivity index (χ0) is 15.4. The highest BCUT2D eigenvalue weighted by molar-refractivity contribution is 6.25. The van der Waals surface area contributed by atoms with Gasteiger partial charge >= 0.3 is 0 Å². The number of imidazole rings is 1. The summed E-state index contributed by atoms with van der Waals surface area (Å²) >= 11 is 0. The molecule has 22 heavy (non-hydrogen) atoms. The summed E-state index contributed by atoms with van der Waals surface area (Å²) < 4.78 is 1.57. The Morgan fingerprint density at radius 1 is 1.00 bits per heavy atom. The van der Waals surface area contributed by atoms with Gasteiger partial charge in [-0.3, -0.25) is 9.36 Å². The number of rotatable bonds is 3. The molecule has 0 radical (unpaired) electrons. The predicted octanol–water partition coefficient (Wildman–Crippen LogP) is 4.07. The van der Waals surface area contributed by atoms with E-state index in [4.69, 9.17) is 0 Å². The number of aromatic nitrogens is 2. The van der Waals surface area contributed by atoms with E-state index in [-0.39, 0.29) is 5.91 Å². The monoisotopic (exact) mass is 288 g/mol. The van der Waals surface area contributed by atoms with Crippen molar-refractivity contribution in [2.45, 2.75) is 6.92 Å². The van der Waals surface area contributed by atoms with Gasteiger partial charge in [0.2, 0.25) is 0 Å². The summed E-state index contributed by atoms with van der Waals surface area (Å²) in [5, 5.41) is 0. The van der Waals surface area contributed by atoms with Gasteiger partial charge in [-0.1, -0.05) is 60.7 Å². The normalized spacial score (nSPS) is 11.4. The first-order valence-electron chi connectivity index (χ1n) is 7.12. The van der Waals surface area contributed by atoms with Crippen LogP contribution in [0.1, 0.15) is 21.7 Å². The second-order valence-electron chi connectivity index (χ2n) is 4.98. The fraction of sp³-hybridized carbons (Fsp3) is 0.0526. The molecule has 0 atom stereocenters. The zero-order valence-corrected chi connectivity index (χ0v) is 12.3. The molecule has 0 N–H and O–H groups in total. The van der Waals surface area contributed by atoms with Gasteiger partial charge in [0.1, 0.15) is 5.82 Å². The Kier molecular flexibility index (Phi) is 3.97. The van der Waals surface area contributed by atoms with Crippen LogP contribution in [0.5, 0.6) is 0 Å². The highest BCUT2D eigenvalue weighted by atomic mass is 16.2. The van der Waals surface area contributed by atoms with Crippen LogP contribution in [0.25, 0.3) is 11.6 Å². The lowest BCUT2D eigenvalue weighted by molar-refractivity contribution is 0.0978. The van der Waals surface area contributed by atoms with Crippen molar-refractivity contribution in [2.75, 3.05) is 0 Å². The number of carbonyl (C=O) groups is 1. The molecule has 3 rings (SSSR count). The lowest BCUT2D eigenvalue weighted by Crippen LogP contribution is -2.13. The Morgan fingerprint density at radius 3 is 2.23 bits per heavy atom. The summed E-state index contributed by atoms with van der Waals surface area (Å²) in [5.41, 5.74) is 2.53. The predicted molar refractivity (Wildman–Crippen MR) is 88.3 cm³/mol. The smallest absolute Gasteiger partial charge is 0.263 e. The van der Waals surface area contributed by atoms with E-state index in [0.29, 0.717) is 11.4 Å². The van der Waals surface area contributed by atoms with E-state index >= 15 is 0 Å². The molecule has 1 heterocycles. The average molecular weight is 288 g/mol. The molecule has 3 nitrogen and oxygen atoms in total. The molecule has 0 spiro atoms. The van der Waals surface area contributed by atoms with Crippen LogP contribution in [0.4, 0.5) is 0 Å². The Balaban J connectivity index is 2.10. The third-order valence-electron chi connectivity index (χ3n) is 3.47. The van der Waals surface area contributed by atoms with Crippen molar-refractivity contribution in [3.63, 3.8) is 0 Å². The van der Waals surface area contributed by atoms with Crippen LogP contribution in [0, 0.1) is 6.92 Å². The highest BCUT2D eigenvalue weighted by Gasteiger charge is 2.15. The summed E-state index contributed by atoms with van der Waals surface area (Å²) in [6.07, 6.45) is 5.24. The van der Waals surface area contributed by atoms with Gasteiger partial charge in [0, 0.05) is 18.0 Å². The average Bonchev–Trinajstić information content (AvgIpc) is 3.00. The number of carbonyl (C=O) groups excluding carboxylic acids is 1. The third kappa shape index (κ3) is 2.88. The first-order chi connectivity index (χ1) is 10.8. The first kappa shape index (κ1) is 14.0. The summed E-state index contributed by atoms with van der Waals surface area (Å²) in [7, 11) is 0. The van der Waals surface area contributed by atoms with Crippen LogP contribution in [-0.2, 0) is 0 Å². The lowest BCUT2D eigenvalue weighted by Gasteiger charge is -2.09. The van der Waals surface area contributed by atoms with Gasteiger partial charge in [-0.05, 0) is 24.1 Å². The minimum Gasteiger partial charge on any atom is -0.270 e. The molecule has 2 aromatic carbocycles. The topological polar surface area (TPSA) is 34.9 Å². The largest absolute Gasteiger partial charge is 0.270 e. The minimum absolute atomic E-state index is 0.0787. The van der Waals surface area contributed by atoms with Crippen LogP contribution in [-0.4, -0.2) is 15.5 Å². The number of nitrogens with zero attached hydrogens (tertiary/aromatic N) is 2. The van der Waals surface area contributed by atoms with Crippen molar-refractivity contribution in [1.82, 2.24) is 9.55 Å². The van der Waals surface area contributed by atoms with Crippen molar-refractivity contribution < 1.29 is 4.79 Å². The van der Waals surface area contributed by atoms with Crippen molar-refractivity contribution in [2.24, 2.45) is 0 Å². The van der Waals surface area contributed by atoms with Gasteiger partial charge in [-0.2, -0.15) is 0 Å². The third-order valence-corrected chi connectivity index (χ3v) is 3.47. The Morgan fingerprint density at radius 2 is 1.64 bits per heavy atom. The van der Waals surface area contributed by atoms with E-state index < -0.39 is 0 Å². The highest BCUT2D eigenvalue weighted by Crippen LogP contribution is 2.21. The summed E-state index contributed by atoms with van der Waals surface area (Å²) in [5.74, 6) is 0.602. The van der Waals surface area contributed by atoms with Crippen LogP contribution < -0.4 is 0 Å². The summed E-state index contributed by atoms with van der Waals surface area (Å²) in [4.78, 5) is 17.0. The molecule has 0 fully saturated rings. The van der Waals surface area contributed by atoms with Crippen LogP contribution in [0.15, 0.2) is 73.1 Å². The van der Waals surface area contributed by atoms with Gasteiger partial charge in [-0.15, -0.1) is 0 Å². The van der Waals surface area contributed by atoms with E-state index in [1.807, 2.05) is 73.7 Å². The fourth-order valence-corrected chi connectivity index (χ4v) is 2.32. The molecule has 0 aliphatic heterocycles. The number of hydrogen-bond acceptors (Lipinski definition) is 2. The lowest BCUT2D eigenvalue weighted by atomic mass is 10.0. The van der Waals surface area contributed by atoms with E-state index in [1.165, 1.54) is 0 Å². The minimum atomic E-state index is -0.0787. The number of aryl methyl sites for hydroxylation is 1. The number of allylic oxidation sites excluding steroid dienone is 1. The molecule has 3 heteroatoms. The first-order valence-corrected chi connectivity index (χ1v) is 7.12. The Bertz CT molecular complexity index is 802. The number of hydrogen-bond donors (Lipinski definition) is 0. The number of benzene rings is 2. The van der Waals surface area contributed by atoms with Gasteiger partial charge in [0.05, 0.1) is 0 Å². The molecule has 0 unspecified atom stereocenters. The van der Waals surface area contributed by atoms with E-state index in [1.54, 1.807) is 17.0 Å². The van der Waals surface area contributed by atoms with Gasteiger partial charge in [0.15, 0.2) is 0 Å². The van der Waals surface area contributed by atoms with Crippen molar-refractivity contribution in [1.29, 1.82) is 0 Å². The van der Waals surface area contributed by atoms with Crippen molar-refractivity contribution in [3.8, 4) is 0 Å². The van der Waals surface area contributed by atoms with E-state index in [0.717, 1.165) is 11.1 Å². The fourth-order valence-electron chi connectivity index (χ4n) is 2.32. The van der Waals surface area contributed by atoms with Gasteiger partial charge in [0.25, 0.3) is 5.91 Å². The van der Waals surface area contributed by atoms with Crippen LogP contribution in [0.2, 0.25) is 0 Å². The van der Waals surface area contributed by atoms with Crippen LogP contribution >= 0.6 is 0 Å². The molecule has 0 saturated heterocycles. The van der Waals surface area contributed by atoms with Gasteiger partial charge in [-0.25, -0.2) is 4.98 Å². The SMILES string of the molecule is Cc1nccn1C(=O)/C(=C/c1ccccc1)c1ccccc1. The molecule has 3 aromatic rings. The van der Waals surface area contributed by atoms with Crippen molar-refractivity contribution >= 4 is 17.6 Å². The summed E-state index contributed by atoms with van der Waals surface area (Å²) in [6, 6.07) is 19.5. The maximum atomic E-state index is 12.9. The Hall–Kier alpha value is -2.94. The maximum absolute atomic E-state index is 12.9. The maximum Gasteiger partial charge on any atom is 0.263 e. The second kappa shape index (κ2) is 6.22. The molecular weight excluding hydrogens is 272 g/mol. The molecule has 0 saturated carbocycles.